The van der Waals surface area contributed by atoms with Crippen LogP contribution in [-0.2, 0) is 14.8 Å². The van der Waals surface area contributed by atoms with Gasteiger partial charge in [0, 0.05) is 5.56 Å². The second kappa shape index (κ2) is 9.66. The van der Waals surface area contributed by atoms with Crippen molar-refractivity contribution < 1.29 is 17.9 Å². The molecule has 1 amide bonds. The minimum absolute atomic E-state index is 0.126. The van der Waals surface area contributed by atoms with Crippen molar-refractivity contribution in [2.75, 3.05) is 18.0 Å². The first-order valence-electron chi connectivity index (χ1n) is 9.89. The van der Waals surface area contributed by atoms with E-state index in [9.17, 15) is 13.2 Å². The normalized spacial score (nSPS) is 12.1. The minimum Gasteiger partial charge on any atom is -0.496 e. The highest BCUT2D eigenvalue weighted by Crippen LogP contribution is 2.26. The van der Waals surface area contributed by atoms with Crippen LogP contribution in [0.3, 0.4) is 0 Å². The van der Waals surface area contributed by atoms with Crippen LogP contribution in [0.2, 0.25) is 0 Å². The molecule has 0 fully saturated rings. The van der Waals surface area contributed by atoms with E-state index in [1.54, 1.807) is 37.4 Å². The summed E-state index contributed by atoms with van der Waals surface area (Å²) in [6, 6.07) is 22.2. The van der Waals surface area contributed by atoms with Crippen LogP contribution in [0.5, 0.6) is 5.75 Å². The van der Waals surface area contributed by atoms with Gasteiger partial charge in [0.15, 0.2) is 0 Å². The Balaban J connectivity index is 1.88. The lowest BCUT2D eigenvalue weighted by Gasteiger charge is -2.25. The van der Waals surface area contributed by atoms with Gasteiger partial charge in [-0.3, -0.25) is 9.10 Å². The summed E-state index contributed by atoms with van der Waals surface area (Å²) in [5.41, 5.74) is 2.23. The molecule has 0 unspecified atom stereocenters. The molecule has 162 valence electrons. The number of para-hydroxylation sites is 1. The zero-order valence-electron chi connectivity index (χ0n) is 17.8. The fourth-order valence-electron chi connectivity index (χ4n) is 3.27. The van der Waals surface area contributed by atoms with E-state index in [0.29, 0.717) is 11.4 Å². The Labute approximate surface area is 183 Å². The predicted octanol–water partition coefficient (Wildman–Crippen LogP) is 4.08. The molecule has 3 aromatic carbocycles. The number of anilines is 1. The van der Waals surface area contributed by atoms with Crippen molar-refractivity contribution in [3.63, 3.8) is 0 Å². The second-order valence-electron chi connectivity index (χ2n) is 7.19. The van der Waals surface area contributed by atoms with Crippen LogP contribution in [0.4, 0.5) is 5.69 Å². The molecular formula is C24H26N2O4S. The van der Waals surface area contributed by atoms with Crippen molar-refractivity contribution in [1.29, 1.82) is 0 Å². The molecule has 0 spiro atoms. The monoisotopic (exact) mass is 438 g/mol. The maximum absolute atomic E-state index is 13.3. The van der Waals surface area contributed by atoms with E-state index in [1.165, 1.54) is 12.1 Å². The first-order chi connectivity index (χ1) is 14.8. The van der Waals surface area contributed by atoms with E-state index < -0.39 is 15.9 Å². The molecule has 0 saturated heterocycles. The highest BCUT2D eigenvalue weighted by atomic mass is 32.2. The molecule has 0 bridgehead atoms. The topological polar surface area (TPSA) is 75.7 Å². The summed E-state index contributed by atoms with van der Waals surface area (Å²) in [4.78, 5) is 13.0. The predicted molar refractivity (Wildman–Crippen MR) is 122 cm³/mol. The van der Waals surface area contributed by atoms with Crippen LogP contribution in [0.15, 0.2) is 83.8 Å². The van der Waals surface area contributed by atoms with Crippen molar-refractivity contribution >= 4 is 21.6 Å². The van der Waals surface area contributed by atoms with Crippen LogP contribution < -0.4 is 14.4 Å². The van der Waals surface area contributed by atoms with E-state index in [4.69, 9.17) is 4.74 Å². The molecule has 0 aliphatic rings. The number of carbonyl (C=O) groups is 1. The van der Waals surface area contributed by atoms with E-state index in [2.05, 4.69) is 5.32 Å². The van der Waals surface area contributed by atoms with Gasteiger partial charge in [0.1, 0.15) is 12.3 Å². The Morgan fingerprint density at radius 3 is 2.23 bits per heavy atom. The van der Waals surface area contributed by atoms with Crippen molar-refractivity contribution in [3.05, 3.63) is 90.0 Å². The number of hydrogen-bond donors (Lipinski definition) is 1. The molecule has 3 aromatic rings. The van der Waals surface area contributed by atoms with Crippen LogP contribution in [0.1, 0.15) is 24.1 Å². The van der Waals surface area contributed by atoms with Crippen molar-refractivity contribution in [2.24, 2.45) is 0 Å². The molecular weight excluding hydrogens is 412 g/mol. The third kappa shape index (κ3) is 5.24. The van der Waals surface area contributed by atoms with Crippen LogP contribution in [0.25, 0.3) is 0 Å². The summed E-state index contributed by atoms with van der Waals surface area (Å²) in [7, 11) is -2.36. The van der Waals surface area contributed by atoms with Gasteiger partial charge in [-0.15, -0.1) is 0 Å². The fraction of sp³-hybridized carbons (Fsp3) is 0.208. The molecule has 3 rings (SSSR count). The Kier molecular flexibility index (Phi) is 6.97. The molecule has 0 saturated carbocycles. The maximum atomic E-state index is 13.3. The number of nitrogens with zero attached hydrogens (tertiary/aromatic N) is 1. The van der Waals surface area contributed by atoms with E-state index in [1.807, 2.05) is 50.2 Å². The minimum atomic E-state index is -3.93. The zero-order chi connectivity index (χ0) is 22.4. The van der Waals surface area contributed by atoms with Gasteiger partial charge >= 0.3 is 0 Å². The van der Waals surface area contributed by atoms with Crippen molar-refractivity contribution in [2.45, 2.75) is 24.8 Å². The number of sulfonamides is 1. The quantitative estimate of drug-likeness (QED) is 0.575. The van der Waals surface area contributed by atoms with Crippen LogP contribution in [0, 0.1) is 6.92 Å². The first-order valence-corrected chi connectivity index (χ1v) is 11.3. The third-order valence-corrected chi connectivity index (χ3v) is 6.71. The van der Waals surface area contributed by atoms with Gasteiger partial charge in [-0.1, -0.05) is 54.1 Å². The van der Waals surface area contributed by atoms with E-state index >= 15 is 0 Å². The Morgan fingerprint density at radius 1 is 0.968 bits per heavy atom. The average molecular weight is 439 g/mol. The number of methoxy groups -OCH3 is 1. The Morgan fingerprint density at radius 2 is 1.58 bits per heavy atom. The molecule has 7 heteroatoms. The lowest BCUT2D eigenvalue weighted by Crippen LogP contribution is -2.41. The highest BCUT2D eigenvalue weighted by molar-refractivity contribution is 7.92. The summed E-state index contributed by atoms with van der Waals surface area (Å²) in [5.74, 6) is 0.237. The zero-order valence-corrected chi connectivity index (χ0v) is 18.6. The smallest absolute Gasteiger partial charge is 0.264 e. The van der Waals surface area contributed by atoms with Crippen LogP contribution in [-0.4, -0.2) is 28.0 Å². The fourth-order valence-corrected chi connectivity index (χ4v) is 4.71. The number of carbonyl (C=O) groups excluding carboxylic acids is 1. The summed E-state index contributed by atoms with van der Waals surface area (Å²) in [5, 5.41) is 2.88. The summed E-state index contributed by atoms with van der Waals surface area (Å²) in [6.07, 6.45) is 0. The Bertz CT molecular complexity index is 1130. The average Bonchev–Trinajstić information content (AvgIpc) is 2.78. The highest BCUT2D eigenvalue weighted by Gasteiger charge is 2.27. The van der Waals surface area contributed by atoms with Crippen LogP contribution >= 0.6 is 0 Å². The molecule has 0 aliphatic carbocycles. The number of nitrogens with one attached hydrogen (secondary N) is 1. The van der Waals surface area contributed by atoms with Crippen molar-refractivity contribution in [3.8, 4) is 5.75 Å². The largest absolute Gasteiger partial charge is 0.496 e. The summed E-state index contributed by atoms with van der Waals surface area (Å²) >= 11 is 0. The van der Waals surface area contributed by atoms with Gasteiger partial charge in [0.2, 0.25) is 5.91 Å². The Hall–Kier alpha value is -3.32. The summed E-state index contributed by atoms with van der Waals surface area (Å²) in [6.45, 7) is 3.40. The second-order valence-corrected chi connectivity index (χ2v) is 9.05. The molecule has 6 nitrogen and oxygen atoms in total. The van der Waals surface area contributed by atoms with Crippen molar-refractivity contribution in [1.82, 2.24) is 5.32 Å². The van der Waals surface area contributed by atoms with Gasteiger partial charge in [-0.2, -0.15) is 0 Å². The van der Waals surface area contributed by atoms with Gasteiger partial charge in [0.05, 0.1) is 23.7 Å². The standard InChI is InChI=1S/C24H26N2O4S/c1-18-13-15-20(16-14-18)26(31(28,29)21-9-5-4-6-10-21)17-24(27)25-19(2)22-11-7-8-12-23(22)30-3/h4-16,19H,17H2,1-3H3,(H,25,27)/t19-/m0/s1. The molecule has 31 heavy (non-hydrogen) atoms. The summed E-state index contributed by atoms with van der Waals surface area (Å²) < 4.78 is 33.2. The number of benzene rings is 3. The molecule has 0 heterocycles. The lowest BCUT2D eigenvalue weighted by molar-refractivity contribution is -0.120. The number of amides is 1. The molecule has 1 atom stereocenters. The molecule has 1 N–H and O–H groups in total. The number of aryl methyl sites for hydroxylation is 1. The van der Waals surface area contributed by atoms with Gasteiger partial charge < -0.3 is 10.1 Å². The van der Waals surface area contributed by atoms with E-state index in [-0.39, 0.29) is 17.5 Å². The molecule has 0 aliphatic heterocycles. The third-order valence-electron chi connectivity index (χ3n) is 4.92. The maximum Gasteiger partial charge on any atom is 0.264 e. The first kappa shape index (κ1) is 22.4. The van der Waals surface area contributed by atoms with Gasteiger partial charge in [0.25, 0.3) is 10.0 Å². The van der Waals surface area contributed by atoms with E-state index in [0.717, 1.165) is 15.4 Å². The number of hydrogen-bond acceptors (Lipinski definition) is 4. The number of ether oxygens (including phenoxy) is 1. The van der Waals surface area contributed by atoms with Gasteiger partial charge in [-0.05, 0) is 44.2 Å². The molecule has 0 aromatic heterocycles. The lowest BCUT2D eigenvalue weighted by atomic mass is 10.1. The molecule has 0 radical (unpaired) electrons. The SMILES string of the molecule is COc1ccccc1[C@H](C)NC(=O)CN(c1ccc(C)cc1)S(=O)(=O)c1ccccc1. The number of rotatable bonds is 8. The van der Waals surface area contributed by atoms with Gasteiger partial charge in [-0.25, -0.2) is 8.42 Å².